The Labute approximate surface area is 139 Å². The van der Waals surface area contributed by atoms with Crippen LogP contribution >= 0.6 is 11.8 Å². The molecule has 0 aliphatic carbocycles. The van der Waals surface area contributed by atoms with E-state index in [1.165, 1.54) is 0 Å². The Morgan fingerprint density at radius 3 is 2.96 bits per heavy atom. The van der Waals surface area contributed by atoms with Crippen molar-refractivity contribution in [3.63, 3.8) is 0 Å². The number of fused-ring (bicyclic) bond motifs is 1. The monoisotopic (exact) mass is 329 g/mol. The lowest BCUT2D eigenvalue weighted by Gasteiger charge is -2.14. The number of nitrogens with zero attached hydrogens (tertiary/aromatic N) is 2. The molecule has 0 saturated carbocycles. The number of nitrogens with one attached hydrogen (secondary N) is 1. The molecule has 120 valence electrons. The molecule has 1 unspecified atom stereocenters. The first-order chi connectivity index (χ1) is 11.1. The molecule has 1 aromatic carbocycles. The first kappa shape index (κ1) is 15.8. The number of anilines is 1. The topological polar surface area (TPSA) is 64.0 Å². The Morgan fingerprint density at radius 2 is 2.22 bits per heavy atom. The molecule has 2 aromatic rings. The van der Waals surface area contributed by atoms with Gasteiger partial charge in [0.1, 0.15) is 0 Å². The van der Waals surface area contributed by atoms with Crippen molar-refractivity contribution in [1.82, 2.24) is 9.55 Å². The van der Waals surface area contributed by atoms with Gasteiger partial charge in [-0.25, -0.2) is 4.98 Å². The van der Waals surface area contributed by atoms with Crippen LogP contribution in [0.1, 0.15) is 30.6 Å². The Morgan fingerprint density at radius 1 is 1.43 bits per heavy atom. The molecule has 1 aliphatic heterocycles. The van der Waals surface area contributed by atoms with Crippen molar-refractivity contribution in [2.24, 2.45) is 0 Å². The summed E-state index contributed by atoms with van der Waals surface area (Å²) in [6, 6.07) is 9.10. The zero-order valence-electron chi connectivity index (χ0n) is 13.2. The second-order valence-electron chi connectivity index (χ2n) is 5.62. The number of para-hydroxylation sites is 1. The summed E-state index contributed by atoms with van der Waals surface area (Å²) in [6.07, 6.45) is 1.02. The minimum absolute atomic E-state index is 0.0643. The van der Waals surface area contributed by atoms with Crippen LogP contribution < -0.4 is 10.9 Å². The van der Waals surface area contributed by atoms with Crippen LogP contribution in [0, 0.1) is 6.92 Å². The zero-order chi connectivity index (χ0) is 16.4. The average molecular weight is 329 g/mol. The van der Waals surface area contributed by atoms with E-state index in [-0.39, 0.29) is 23.9 Å². The molecule has 6 heteroatoms. The normalized spacial score (nSPS) is 16.2. The molecule has 0 radical (unpaired) electrons. The highest BCUT2D eigenvalue weighted by molar-refractivity contribution is 7.99. The number of aryl methyl sites for hydroxylation is 2. The largest absolute Gasteiger partial charge is 0.326 e. The smallest absolute Gasteiger partial charge is 0.254 e. The molecule has 2 heterocycles. The Balaban J connectivity index is 1.75. The first-order valence-electron chi connectivity index (χ1n) is 7.69. The number of thioether (sulfide) groups is 1. The fourth-order valence-corrected chi connectivity index (χ4v) is 3.83. The predicted octanol–water partition coefficient (Wildman–Crippen LogP) is 2.79. The SMILES string of the molecule is CCc1cc(=O)n2c(n1)SCC2CC(=O)Nc1ccccc1C. The maximum absolute atomic E-state index is 12.3. The van der Waals surface area contributed by atoms with Crippen molar-refractivity contribution in [2.45, 2.75) is 37.9 Å². The summed E-state index contributed by atoms with van der Waals surface area (Å²) in [4.78, 5) is 29.1. The van der Waals surface area contributed by atoms with Gasteiger partial charge in [0.25, 0.3) is 5.56 Å². The van der Waals surface area contributed by atoms with E-state index in [2.05, 4.69) is 10.3 Å². The maximum atomic E-state index is 12.3. The number of amides is 1. The number of benzene rings is 1. The molecular weight excluding hydrogens is 310 g/mol. The van der Waals surface area contributed by atoms with Crippen LogP contribution in [0.25, 0.3) is 0 Å². The highest BCUT2D eigenvalue weighted by atomic mass is 32.2. The van der Waals surface area contributed by atoms with Gasteiger partial charge in [0, 0.05) is 29.6 Å². The molecule has 1 N–H and O–H groups in total. The van der Waals surface area contributed by atoms with E-state index >= 15 is 0 Å². The summed E-state index contributed by atoms with van der Waals surface area (Å²) in [5.74, 6) is 0.626. The third-order valence-electron chi connectivity index (χ3n) is 3.95. The van der Waals surface area contributed by atoms with Gasteiger partial charge in [0.2, 0.25) is 5.91 Å². The molecule has 1 atom stereocenters. The fourth-order valence-electron chi connectivity index (χ4n) is 2.66. The Bertz CT molecular complexity index is 801. The van der Waals surface area contributed by atoms with Crippen molar-refractivity contribution in [3.8, 4) is 0 Å². The molecule has 1 aliphatic rings. The fraction of sp³-hybridized carbons (Fsp3) is 0.353. The number of carbonyl (C=O) groups is 1. The van der Waals surface area contributed by atoms with Gasteiger partial charge in [-0.2, -0.15) is 0 Å². The Hall–Kier alpha value is -2.08. The van der Waals surface area contributed by atoms with Gasteiger partial charge in [0.15, 0.2) is 5.16 Å². The van der Waals surface area contributed by atoms with Gasteiger partial charge in [-0.15, -0.1) is 0 Å². The van der Waals surface area contributed by atoms with Gasteiger partial charge in [-0.05, 0) is 25.0 Å². The minimum Gasteiger partial charge on any atom is -0.326 e. The standard InChI is InChI=1S/C17H19N3O2S/c1-3-12-8-16(22)20-13(10-23-17(20)18-12)9-15(21)19-14-7-5-4-6-11(14)2/h4-8,13H,3,9-10H2,1-2H3,(H,19,21). The molecule has 0 spiro atoms. The maximum Gasteiger partial charge on any atom is 0.254 e. The van der Waals surface area contributed by atoms with E-state index in [1.54, 1.807) is 22.4 Å². The molecule has 0 saturated heterocycles. The van der Waals surface area contributed by atoms with E-state index in [0.717, 1.165) is 28.5 Å². The van der Waals surface area contributed by atoms with Crippen molar-refractivity contribution in [1.29, 1.82) is 0 Å². The van der Waals surface area contributed by atoms with Crippen LogP contribution in [-0.4, -0.2) is 21.2 Å². The molecule has 23 heavy (non-hydrogen) atoms. The lowest BCUT2D eigenvalue weighted by molar-refractivity contribution is -0.116. The molecule has 0 bridgehead atoms. The van der Waals surface area contributed by atoms with Crippen molar-refractivity contribution in [2.75, 3.05) is 11.1 Å². The quantitative estimate of drug-likeness (QED) is 0.876. The molecular formula is C17H19N3O2S. The van der Waals surface area contributed by atoms with Gasteiger partial charge in [-0.3, -0.25) is 14.2 Å². The van der Waals surface area contributed by atoms with Crippen LogP contribution in [0.3, 0.4) is 0 Å². The third-order valence-corrected chi connectivity index (χ3v) is 5.04. The van der Waals surface area contributed by atoms with Gasteiger partial charge in [-0.1, -0.05) is 36.9 Å². The lowest BCUT2D eigenvalue weighted by Crippen LogP contribution is -2.27. The summed E-state index contributed by atoms with van der Waals surface area (Å²) < 4.78 is 1.65. The van der Waals surface area contributed by atoms with E-state index in [9.17, 15) is 9.59 Å². The third kappa shape index (κ3) is 3.32. The molecule has 5 nitrogen and oxygen atoms in total. The van der Waals surface area contributed by atoms with E-state index < -0.39 is 0 Å². The van der Waals surface area contributed by atoms with Crippen molar-refractivity contribution >= 4 is 23.4 Å². The van der Waals surface area contributed by atoms with E-state index in [0.29, 0.717) is 5.75 Å². The average Bonchev–Trinajstić information content (AvgIpc) is 2.92. The molecule has 0 fully saturated rings. The Kier molecular flexibility index (Phi) is 4.52. The molecule has 1 amide bonds. The minimum atomic E-state index is -0.134. The number of carbonyl (C=O) groups excluding carboxylic acids is 1. The summed E-state index contributed by atoms with van der Waals surface area (Å²) >= 11 is 1.54. The van der Waals surface area contributed by atoms with Gasteiger partial charge in [0.05, 0.1) is 6.04 Å². The summed E-state index contributed by atoms with van der Waals surface area (Å²) in [6.45, 7) is 3.93. The predicted molar refractivity (Wildman–Crippen MR) is 92.1 cm³/mol. The van der Waals surface area contributed by atoms with Crippen LogP contribution in [0.15, 0.2) is 40.3 Å². The first-order valence-corrected chi connectivity index (χ1v) is 8.67. The second-order valence-corrected chi connectivity index (χ2v) is 6.61. The number of aromatic nitrogens is 2. The molecule has 3 rings (SSSR count). The highest BCUT2D eigenvalue weighted by Gasteiger charge is 2.27. The van der Waals surface area contributed by atoms with Crippen LogP contribution in [0.2, 0.25) is 0 Å². The molecule has 1 aromatic heterocycles. The van der Waals surface area contributed by atoms with Crippen LogP contribution in [0.4, 0.5) is 5.69 Å². The van der Waals surface area contributed by atoms with Crippen LogP contribution in [-0.2, 0) is 11.2 Å². The summed E-state index contributed by atoms with van der Waals surface area (Å²) in [5.41, 5.74) is 2.58. The van der Waals surface area contributed by atoms with Crippen molar-refractivity contribution < 1.29 is 4.79 Å². The number of hydrogen-bond donors (Lipinski definition) is 1. The van der Waals surface area contributed by atoms with Gasteiger partial charge < -0.3 is 5.32 Å². The number of rotatable bonds is 4. The van der Waals surface area contributed by atoms with E-state index in [1.807, 2.05) is 38.1 Å². The van der Waals surface area contributed by atoms with Gasteiger partial charge >= 0.3 is 0 Å². The lowest BCUT2D eigenvalue weighted by atomic mass is 10.1. The summed E-state index contributed by atoms with van der Waals surface area (Å²) in [5, 5.41) is 3.65. The van der Waals surface area contributed by atoms with Crippen LogP contribution in [0.5, 0.6) is 0 Å². The summed E-state index contributed by atoms with van der Waals surface area (Å²) in [7, 11) is 0. The number of hydrogen-bond acceptors (Lipinski definition) is 4. The van der Waals surface area contributed by atoms with E-state index in [4.69, 9.17) is 0 Å². The highest BCUT2D eigenvalue weighted by Crippen LogP contribution is 2.32. The second kappa shape index (κ2) is 6.58. The van der Waals surface area contributed by atoms with Crippen molar-refractivity contribution in [3.05, 3.63) is 51.9 Å². The zero-order valence-corrected chi connectivity index (χ0v) is 14.0.